The highest BCUT2D eigenvalue weighted by molar-refractivity contribution is 5.93. The molecule has 2 rings (SSSR count). The van der Waals surface area contributed by atoms with Crippen LogP contribution < -0.4 is 20.1 Å². The smallest absolute Gasteiger partial charge is 0.270 e. The maximum atomic E-state index is 12.1. The summed E-state index contributed by atoms with van der Waals surface area (Å²) in [4.78, 5) is 20.6. The third kappa shape index (κ3) is 4.34. The first-order chi connectivity index (χ1) is 11.6. The Morgan fingerprint density at radius 3 is 2.62 bits per heavy atom. The van der Waals surface area contributed by atoms with Gasteiger partial charge in [-0.2, -0.15) is 0 Å². The molecule has 0 radical (unpaired) electrons. The minimum absolute atomic E-state index is 0.216. The number of rotatable bonds is 7. The van der Waals surface area contributed by atoms with Crippen LogP contribution in [-0.2, 0) is 0 Å². The van der Waals surface area contributed by atoms with E-state index in [0.717, 1.165) is 12.1 Å². The van der Waals surface area contributed by atoms with Crippen LogP contribution in [0, 0.1) is 6.92 Å². The molecule has 2 N–H and O–H groups in total. The summed E-state index contributed by atoms with van der Waals surface area (Å²) in [5.41, 5.74) is 1.04. The summed E-state index contributed by atoms with van der Waals surface area (Å²) in [5.74, 6) is 2.12. The molecule has 0 saturated heterocycles. The molecule has 1 amide bonds. The lowest BCUT2D eigenvalue weighted by atomic mass is 10.2. The van der Waals surface area contributed by atoms with E-state index in [2.05, 4.69) is 20.6 Å². The molecule has 7 heteroatoms. The Balaban J connectivity index is 2.27. The molecule has 1 aromatic heterocycles. The molecule has 0 fully saturated rings. The van der Waals surface area contributed by atoms with Crippen LogP contribution in [0.1, 0.15) is 29.7 Å². The van der Waals surface area contributed by atoms with Crippen LogP contribution in [0.5, 0.6) is 11.5 Å². The van der Waals surface area contributed by atoms with Crippen LogP contribution in [0.3, 0.4) is 0 Å². The third-order valence-electron chi connectivity index (χ3n) is 3.28. The molecule has 2 aromatic rings. The van der Waals surface area contributed by atoms with Crippen molar-refractivity contribution in [3.8, 4) is 11.5 Å². The van der Waals surface area contributed by atoms with Crippen molar-refractivity contribution in [1.29, 1.82) is 0 Å². The number of nitrogens with one attached hydrogen (secondary N) is 2. The van der Waals surface area contributed by atoms with E-state index in [1.54, 1.807) is 33.3 Å². The molecular weight excluding hydrogens is 308 g/mol. The molecule has 0 aliphatic rings. The van der Waals surface area contributed by atoms with Crippen molar-refractivity contribution in [2.75, 3.05) is 26.1 Å². The molecule has 0 aliphatic heterocycles. The van der Waals surface area contributed by atoms with E-state index in [1.165, 1.54) is 0 Å². The van der Waals surface area contributed by atoms with Gasteiger partial charge in [-0.1, -0.05) is 6.92 Å². The van der Waals surface area contributed by atoms with Gasteiger partial charge in [0.1, 0.15) is 28.8 Å². The number of anilines is 2. The zero-order chi connectivity index (χ0) is 17.5. The maximum absolute atomic E-state index is 12.1. The Kier molecular flexibility index (Phi) is 5.95. The van der Waals surface area contributed by atoms with Gasteiger partial charge in [0.25, 0.3) is 5.91 Å². The second-order valence-corrected chi connectivity index (χ2v) is 5.13. The van der Waals surface area contributed by atoms with E-state index >= 15 is 0 Å². The largest absolute Gasteiger partial charge is 0.497 e. The predicted molar refractivity (Wildman–Crippen MR) is 92.2 cm³/mol. The van der Waals surface area contributed by atoms with Crippen molar-refractivity contribution >= 4 is 17.4 Å². The molecule has 24 heavy (non-hydrogen) atoms. The van der Waals surface area contributed by atoms with Gasteiger partial charge in [0.05, 0.1) is 19.9 Å². The fraction of sp³-hybridized carbons (Fsp3) is 0.353. The van der Waals surface area contributed by atoms with E-state index < -0.39 is 0 Å². The number of amides is 1. The number of nitrogens with zero attached hydrogens (tertiary/aromatic N) is 2. The second kappa shape index (κ2) is 8.14. The number of benzene rings is 1. The highest BCUT2D eigenvalue weighted by atomic mass is 16.5. The topological polar surface area (TPSA) is 85.4 Å². The van der Waals surface area contributed by atoms with Gasteiger partial charge in [0.15, 0.2) is 0 Å². The van der Waals surface area contributed by atoms with Gasteiger partial charge < -0.3 is 20.1 Å². The number of methoxy groups -OCH3 is 2. The summed E-state index contributed by atoms with van der Waals surface area (Å²) in [6.07, 6.45) is 0.865. The summed E-state index contributed by atoms with van der Waals surface area (Å²) in [7, 11) is 3.17. The lowest BCUT2D eigenvalue weighted by Gasteiger charge is -2.13. The van der Waals surface area contributed by atoms with Crippen molar-refractivity contribution < 1.29 is 14.3 Å². The van der Waals surface area contributed by atoms with Crippen LogP contribution in [0.4, 0.5) is 11.5 Å². The fourth-order valence-corrected chi connectivity index (χ4v) is 2.12. The molecule has 0 bridgehead atoms. The van der Waals surface area contributed by atoms with Crippen LogP contribution >= 0.6 is 0 Å². The fourth-order valence-electron chi connectivity index (χ4n) is 2.12. The number of hydrogen-bond acceptors (Lipinski definition) is 6. The molecule has 1 heterocycles. The first-order valence-corrected chi connectivity index (χ1v) is 7.70. The average Bonchev–Trinajstić information content (AvgIpc) is 2.59. The molecule has 7 nitrogen and oxygen atoms in total. The van der Waals surface area contributed by atoms with Crippen molar-refractivity contribution in [3.63, 3.8) is 0 Å². The lowest BCUT2D eigenvalue weighted by molar-refractivity contribution is 0.0948. The van der Waals surface area contributed by atoms with Gasteiger partial charge in [-0.25, -0.2) is 9.97 Å². The van der Waals surface area contributed by atoms with Crippen LogP contribution in [-0.4, -0.2) is 36.6 Å². The van der Waals surface area contributed by atoms with Gasteiger partial charge in [-0.05, 0) is 25.5 Å². The number of aryl methyl sites for hydroxylation is 1. The first-order valence-electron chi connectivity index (χ1n) is 7.70. The quantitative estimate of drug-likeness (QED) is 0.812. The molecule has 0 saturated carbocycles. The first kappa shape index (κ1) is 17.5. The average molecular weight is 330 g/mol. The number of hydrogen-bond donors (Lipinski definition) is 2. The minimum atomic E-state index is -0.216. The summed E-state index contributed by atoms with van der Waals surface area (Å²) in [6, 6.07) is 7.02. The number of aromatic nitrogens is 2. The Morgan fingerprint density at radius 1 is 1.17 bits per heavy atom. The third-order valence-corrected chi connectivity index (χ3v) is 3.28. The van der Waals surface area contributed by atoms with E-state index in [-0.39, 0.29) is 5.91 Å². The van der Waals surface area contributed by atoms with Crippen molar-refractivity contribution in [2.45, 2.75) is 20.3 Å². The number of carbonyl (C=O) groups excluding carboxylic acids is 1. The standard InChI is InChI=1S/C17H22N4O3/c1-5-8-18-17(22)14-10-16(20-11(2)19-14)21-13-7-6-12(23-3)9-15(13)24-4/h6-7,9-10H,5,8H2,1-4H3,(H,18,22)(H,19,20,21). The monoisotopic (exact) mass is 330 g/mol. The van der Waals surface area contributed by atoms with E-state index in [9.17, 15) is 4.79 Å². The summed E-state index contributed by atoms with van der Waals surface area (Å²) < 4.78 is 10.5. The Hall–Kier alpha value is -2.83. The zero-order valence-electron chi connectivity index (χ0n) is 14.3. The number of carbonyl (C=O) groups is 1. The highest BCUT2D eigenvalue weighted by Gasteiger charge is 2.12. The van der Waals surface area contributed by atoms with Crippen LogP contribution in [0.2, 0.25) is 0 Å². The Bertz CT molecular complexity index is 719. The molecule has 0 spiro atoms. The van der Waals surface area contributed by atoms with Crippen LogP contribution in [0.15, 0.2) is 24.3 Å². The van der Waals surface area contributed by atoms with Crippen molar-refractivity contribution in [2.24, 2.45) is 0 Å². The number of ether oxygens (including phenoxy) is 2. The Morgan fingerprint density at radius 2 is 1.96 bits per heavy atom. The predicted octanol–water partition coefficient (Wildman–Crippen LogP) is 2.69. The summed E-state index contributed by atoms with van der Waals surface area (Å²) >= 11 is 0. The molecule has 0 aliphatic carbocycles. The van der Waals surface area contributed by atoms with E-state index in [1.807, 2.05) is 19.1 Å². The molecular formula is C17H22N4O3. The lowest BCUT2D eigenvalue weighted by Crippen LogP contribution is -2.25. The van der Waals surface area contributed by atoms with E-state index in [0.29, 0.717) is 35.4 Å². The second-order valence-electron chi connectivity index (χ2n) is 5.13. The van der Waals surface area contributed by atoms with Gasteiger partial charge in [0, 0.05) is 18.7 Å². The Labute approximate surface area is 141 Å². The van der Waals surface area contributed by atoms with Crippen molar-refractivity contribution in [3.05, 3.63) is 35.8 Å². The summed E-state index contributed by atoms with van der Waals surface area (Å²) in [5, 5.41) is 5.96. The normalized spacial score (nSPS) is 10.2. The minimum Gasteiger partial charge on any atom is -0.497 e. The van der Waals surface area contributed by atoms with E-state index in [4.69, 9.17) is 9.47 Å². The van der Waals surface area contributed by atoms with Gasteiger partial charge in [-0.15, -0.1) is 0 Å². The summed E-state index contributed by atoms with van der Waals surface area (Å²) in [6.45, 7) is 4.35. The van der Waals surface area contributed by atoms with Gasteiger partial charge in [0.2, 0.25) is 0 Å². The molecule has 128 valence electrons. The maximum Gasteiger partial charge on any atom is 0.270 e. The van der Waals surface area contributed by atoms with Gasteiger partial charge >= 0.3 is 0 Å². The highest BCUT2D eigenvalue weighted by Crippen LogP contribution is 2.31. The molecule has 0 unspecified atom stereocenters. The van der Waals surface area contributed by atoms with Crippen molar-refractivity contribution in [1.82, 2.24) is 15.3 Å². The zero-order valence-corrected chi connectivity index (χ0v) is 14.3. The van der Waals surface area contributed by atoms with Crippen LogP contribution in [0.25, 0.3) is 0 Å². The van der Waals surface area contributed by atoms with Gasteiger partial charge in [-0.3, -0.25) is 4.79 Å². The molecule has 1 aromatic carbocycles. The molecule has 0 atom stereocenters. The SMILES string of the molecule is CCCNC(=O)c1cc(Nc2ccc(OC)cc2OC)nc(C)n1.